The number of nitrogens with zero attached hydrogens (tertiary/aromatic N) is 4. The van der Waals surface area contributed by atoms with Crippen LogP contribution >= 0.6 is 11.8 Å². The van der Waals surface area contributed by atoms with Crippen molar-refractivity contribution in [3.8, 4) is 11.5 Å². The highest BCUT2D eigenvalue weighted by Crippen LogP contribution is 2.24. The predicted octanol–water partition coefficient (Wildman–Crippen LogP) is 2.46. The van der Waals surface area contributed by atoms with Gasteiger partial charge in [-0.05, 0) is 108 Å². The second-order valence-corrected chi connectivity index (χ2v) is 33.8. The van der Waals surface area contributed by atoms with Gasteiger partial charge in [0.25, 0.3) is 0 Å². The molecule has 1 aromatic heterocycles. The van der Waals surface area contributed by atoms with Gasteiger partial charge in [0, 0.05) is 82.3 Å². The van der Waals surface area contributed by atoms with E-state index in [2.05, 4.69) is 58.2 Å². The van der Waals surface area contributed by atoms with Gasteiger partial charge in [-0.1, -0.05) is 181 Å². The Labute approximate surface area is 742 Å². The molecule has 8 rings (SSSR count). The average molecular weight is 1770 g/mol. The van der Waals surface area contributed by atoms with Crippen LogP contribution in [-0.2, 0) is 110 Å². The minimum absolute atomic E-state index is 0.0275. The highest BCUT2D eigenvalue weighted by molar-refractivity contribution is 8.00. The molecule has 0 saturated carbocycles. The van der Waals surface area contributed by atoms with Crippen LogP contribution in [0.4, 0.5) is 0 Å². The zero-order chi connectivity index (χ0) is 92.6. The first kappa shape index (κ1) is 99.2. The number of phenols is 2. The summed E-state index contributed by atoms with van der Waals surface area (Å²) in [5.41, 5.74) is 9.54. The van der Waals surface area contributed by atoms with Gasteiger partial charge in [0.05, 0.1) is 37.8 Å². The largest absolute Gasteiger partial charge is 0.508 e. The maximum absolute atomic E-state index is 15.5. The first-order chi connectivity index (χ1) is 60.5. The number of phenolic OH excluding ortho intramolecular Hbond substituents is 2. The molecular formula is C92H118N16O18S. The van der Waals surface area contributed by atoms with E-state index in [1.807, 2.05) is 55.5 Å². The lowest BCUT2D eigenvalue weighted by molar-refractivity contribution is -0.148. The van der Waals surface area contributed by atoms with Gasteiger partial charge in [-0.3, -0.25) is 76.8 Å². The van der Waals surface area contributed by atoms with Crippen LogP contribution in [0.2, 0.25) is 0 Å². The molecule has 16 N–H and O–H groups in total. The summed E-state index contributed by atoms with van der Waals surface area (Å²) in [6, 6.07) is 29.7. The lowest BCUT2D eigenvalue weighted by Crippen LogP contribution is -2.61. The molecule has 1 saturated heterocycles. The third-order valence-corrected chi connectivity index (χ3v) is 22.8. The first-order valence-corrected chi connectivity index (χ1v) is 43.4. The summed E-state index contributed by atoms with van der Waals surface area (Å²) < 4.78 is 0. The van der Waals surface area contributed by atoms with Crippen molar-refractivity contribution in [2.45, 2.75) is 172 Å². The van der Waals surface area contributed by atoms with Crippen LogP contribution in [0.15, 0.2) is 170 Å². The fourth-order valence-electron chi connectivity index (χ4n) is 14.9. The number of fused-ring (bicyclic) bond motifs is 1. The number of aromatic amines is 1. The summed E-state index contributed by atoms with van der Waals surface area (Å²) >= 11 is 0.938. The van der Waals surface area contributed by atoms with E-state index >= 15 is 24.0 Å². The Bertz CT molecular complexity index is 4930. The number of unbranched alkanes of at least 4 members (excludes halogenated alkanes) is 1. The fraction of sp³-hybridized carbons (Fsp3) is 0.424. The summed E-state index contributed by atoms with van der Waals surface area (Å²) in [5.74, 6) is -15.7. The van der Waals surface area contributed by atoms with Gasteiger partial charge >= 0.3 is 5.97 Å². The molecule has 0 aliphatic carbocycles. The van der Waals surface area contributed by atoms with E-state index < -0.39 is 187 Å². The molecule has 1 aliphatic heterocycles. The van der Waals surface area contributed by atoms with Crippen molar-refractivity contribution in [3.05, 3.63) is 203 Å². The molecule has 2 heterocycles. The molecule has 127 heavy (non-hydrogen) atoms. The molecule has 680 valence electrons. The number of nitrogens with two attached hydrogens (primary N) is 1. The van der Waals surface area contributed by atoms with Crippen molar-refractivity contribution in [2.75, 3.05) is 65.9 Å². The van der Waals surface area contributed by atoms with Crippen molar-refractivity contribution in [1.82, 2.24) is 77.8 Å². The number of benzene rings is 6. The van der Waals surface area contributed by atoms with Crippen LogP contribution in [0, 0.1) is 11.8 Å². The topological polar surface area (TPSA) is 492 Å². The van der Waals surface area contributed by atoms with Gasteiger partial charge in [-0.15, -0.1) is 11.8 Å². The Balaban J connectivity index is 1.19. The van der Waals surface area contributed by atoms with Crippen LogP contribution in [0.25, 0.3) is 10.9 Å². The third-order valence-electron chi connectivity index (χ3n) is 21.7. The smallest absolute Gasteiger partial charge is 0.305 e. The van der Waals surface area contributed by atoms with E-state index in [9.17, 15) is 63.3 Å². The zero-order valence-corrected chi connectivity index (χ0v) is 73.7. The fourth-order valence-corrected chi connectivity index (χ4v) is 15.7. The Morgan fingerprint density at radius 3 is 1.56 bits per heavy atom. The van der Waals surface area contributed by atoms with Crippen molar-refractivity contribution in [2.24, 2.45) is 17.6 Å². The Morgan fingerprint density at radius 1 is 0.504 bits per heavy atom. The number of carboxylic acids is 1. The number of likely N-dealkylation sites (N-methyl/N-ethyl adjacent to an activating group) is 4. The molecule has 1 fully saturated rings. The number of aromatic nitrogens is 1. The summed E-state index contributed by atoms with van der Waals surface area (Å²) in [5, 5.41) is 58.4. The molecule has 6 aromatic carbocycles. The number of hydrogen-bond acceptors (Lipinski definition) is 19. The monoisotopic (exact) mass is 1770 g/mol. The standard InChI is InChI=1S/C92H118N16O18S/c1-10-11-31-74-90(124)106(7)52-79(113)99-72(47-81(115)116)88(122)104-82(56(4)5)92(126)108(9)75(44-58-25-17-13-18-26-58)89(123)102-69(42-60-32-36-64(109)37-33-60)83(117)96-50-78(112)98-71(46-62-48-94-67-30-22-21-29-66(62)67)87(121)101-70(43-61-34-38-65(110)39-35-61)86(120)100-68(40-55(2)3)85(119)103-73(84(118)95-49-77(93)111)53-127-54-80(114)97-63(41-57-23-15-12-16-24-57)51-105(6)76(91(125)107(74)8)45-59-27-19-14-20-28-59/h12-30,32-39,48,55-56,63,68-76,82,94,109-110H,10-11,31,40-47,49-54H2,1-9H3,(H2,93,111)(H,95,118)(H,96,117)(H,97,114)(H,98,112)(H,99,113)(H,100,120)(H,101,121)(H,102,123)(H,103,119)(H,104,122)(H,115,116)/t63-,68-,69-,70-,71-,72-,73-,74-,75-,76-,82-/m0/s1. The van der Waals surface area contributed by atoms with E-state index in [-0.39, 0.29) is 86.8 Å². The summed E-state index contributed by atoms with van der Waals surface area (Å²) in [7, 11) is 5.77. The Morgan fingerprint density at radius 2 is 1.00 bits per heavy atom. The molecule has 14 amide bonds. The Kier molecular flexibility index (Phi) is 38.2. The van der Waals surface area contributed by atoms with E-state index in [4.69, 9.17) is 5.73 Å². The van der Waals surface area contributed by atoms with E-state index in [0.29, 0.717) is 46.0 Å². The molecule has 35 heteroatoms. The van der Waals surface area contributed by atoms with Crippen molar-refractivity contribution < 1.29 is 87.2 Å². The quantitative estimate of drug-likeness (QED) is 0.0437. The van der Waals surface area contributed by atoms with Gasteiger partial charge in [0.15, 0.2) is 0 Å². The summed E-state index contributed by atoms with van der Waals surface area (Å²) in [4.78, 5) is 227. The summed E-state index contributed by atoms with van der Waals surface area (Å²) in [6.07, 6.45) is 1.01. The van der Waals surface area contributed by atoms with Crippen molar-refractivity contribution in [1.29, 1.82) is 0 Å². The van der Waals surface area contributed by atoms with Gasteiger partial charge < -0.3 is 93.9 Å². The first-order valence-electron chi connectivity index (χ1n) is 42.3. The summed E-state index contributed by atoms with van der Waals surface area (Å²) in [6.45, 7) is 6.35. The number of carboxylic acid groups (broad SMARTS) is 1. The number of hydrogen-bond donors (Lipinski definition) is 15. The molecular weight excluding hydrogens is 1650 g/mol. The number of aromatic hydroxyl groups is 2. The normalized spacial score (nSPS) is 22.1. The van der Waals surface area contributed by atoms with Gasteiger partial charge in [0.2, 0.25) is 82.7 Å². The highest BCUT2D eigenvalue weighted by Gasteiger charge is 2.41. The number of aliphatic carboxylic acids is 1. The van der Waals surface area contributed by atoms with E-state index in [1.54, 1.807) is 113 Å². The van der Waals surface area contributed by atoms with Crippen LogP contribution in [0.5, 0.6) is 11.5 Å². The SMILES string of the molecule is CCCC[C@H]1C(=O)N(C)CC(=O)N[C@@H](CC(=O)O)C(=O)N[C@@H](C(C)C)C(=O)N(C)[C@@H](Cc2ccccc2)C(=O)N[C@@H](Cc2ccc(O)cc2)C(=O)NCC(=O)N[C@@H](Cc2c[nH]c3ccccc23)C(=O)N[C@@H](Cc2ccc(O)cc2)C(=O)N[C@@H](CC(C)C)C(=O)N[C@H](C(=O)NCC(N)=O)CSCC(=O)N[C@@H](Cc2ccccc2)CN(C)[C@@H](Cc2ccccc2)C(=O)N1C. The average Bonchev–Trinajstić information content (AvgIpc) is 1.72. The second-order valence-electron chi connectivity index (χ2n) is 32.7. The number of thioether (sulfide) groups is 1. The number of para-hydroxylation sites is 1. The second kappa shape index (κ2) is 48.9. The van der Waals surface area contributed by atoms with Crippen LogP contribution in [-0.4, -0.2) is 261 Å². The number of carbonyl (C=O) groups is 15. The molecule has 0 bridgehead atoms. The molecule has 0 radical (unpaired) electrons. The van der Waals surface area contributed by atoms with Crippen LogP contribution < -0.4 is 58.9 Å². The van der Waals surface area contributed by atoms with Gasteiger partial charge in [-0.2, -0.15) is 0 Å². The predicted molar refractivity (Wildman–Crippen MR) is 477 cm³/mol. The highest BCUT2D eigenvalue weighted by atomic mass is 32.2. The molecule has 7 aromatic rings. The number of amides is 14. The maximum Gasteiger partial charge on any atom is 0.305 e. The number of rotatable bonds is 23. The zero-order valence-electron chi connectivity index (χ0n) is 72.9. The molecule has 11 atom stereocenters. The minimum Gasteiger partial charge on any atom is -0.508 e. The lowest BCUT2D eigenvalue weighted by Gasteiger charge is -2.37. The molecule has 1 aliphatic rings. The van der Waals surface area contributed by atoms with E-state index in [0.717, 1.165) is 32.7 Å². The van der Waals surface area contributed by atoms with Crippen LogP contribution in [0.3, 0.4) is 0 Å². The third kappa shape index (κ3) is 31.2. The lowest BCUT2D eigenvalue weighted by atomic mass is 9.98. The van der Waals surface area contributed by atoms with Crippen molar-refractivity contribution in [3.63, 3.8) is 0 Å². The Hall–Kier alpha value is -13.2. The molecule has 34 nitrogen and oxygen atoms in total. The number of carbonyl (C=O) groups excluding carboxylic acids is 14. The maximum atomic E-state index is 15.5. The number of primary amides is 1. The van der Waals surface area contributed by atoms with Gasteiger partial charge in [-0.25, -0.2) is 0 Å². The van der Waals surface area contributed by atoms with Gasteiger partial charge in [0.1, 0.15) is 65.9 Å². The molecule has 0 unspecified atom stereocenters. The minimum atomic E-state index is -1.87. The number of nitrogens with one attached hydrogen (secondary N) is 11. The van der Waals surface area contributed by atoms with E-state index in [1.165, 1.54) is 74.6 Å². The van der Waals surface area contributed by atoms with Crippen molar-refractivity contribution >= 4 is 111 Å². The van der Waals surface area contributed by atoms with Crippen LogP contribution in [0.1, 0.15) is 100 Å². The molecule has 0 spiro atoms. The number of H-pyrrole nitrogens is 1.